The molecule has 0 atom stereocenters. The second-order valence-electron chi connectivity index (χ2n) is 6.75. The molecule has 0 unspecified atom stereocenters. The maximum absolute atomic E-state index is 13.2. The summed E-state index contributed by atoms with van der Waals surface area (Å²) in [7, 11) is 0. The molecule has 1 saturated heterocycles. The first kappa shape index (κ1) is 20.4. The molecule has 1 aliphatic rings. The number of rotatable bonds is 7. The quantitative estimate of drug-likeness (QED) is 0.695. The Labute approximate surface area is 167 Å². The van der Waals surface area contributed by atoms with Gasteiger partial charge >= 0.3 is 5.97 Å². The first-order valence-corrected chi connectivity index (χ1v) is 10.2. The van der Waals surface area contributed by atoms with E-state index in [1.54, 1.807) is 24.3 Å². The van der Waals surface area contributed by atoms with Crippen LogP contribution in [0.2, 0.25) is 0 Å². The smallest absolute Gasteiger partial charge is 0.335 e. The standard InChI is InChI=1S/C21H23FN2O3S/c22-17-5-1-15(2-6-17)13-24(18-9-11-23-12-10-18)20(25)14-28-19-7-3-16(4-8-19)21(26)27/h1-8,18,23H,9-14H2,(H,26,27). The first-order valence-electron chi connectivity index (χ1n) is 9.24. The van der Waals surface area contributed by atoms with Gasteiger partial charge in [0, 0.05) is 17.5 Å². The van der Waals surface area contributed by atoms with Crippen molar-refractivity contribution in [2.75, 3.05) is 18.8 Å². The van der Waals surface area contributed by atoms with Gasteiger partial charge < -0.3 is 15.3 Å². The summed E-state index contributed by atoms with van der Waals surface area (Å²) < 4.78 is 13.2. The maximum Gasteiger partial charge on any atom is 0.335 e. The molecule has 0 saturated carbocycles. The first-order chi connectivity index (χ1) is 13.5. The highest BCUT2D eigenvalue weighted by Gasteiger charge is 2.25. The van der Waals surface area contributed by atoms with E-state index in [-0.39, 0.29) is 29.1 Å². The zero-order valence-corrected chi connectivity index (χ0v) is 16.3. The molecule has 148 valence electrons. The summed E-state index contributed by atoms with van der Waals surface area (Å²) in [5, 5.41) is 12.3. The van der Waals surface area contributed by atoms with Crippen molar-refractivity contribution in [1.29, 1.82) is 0 Å². The fourth-order valence-corrected chi connectivity index (χ4v) is 4.03. The number of piperidine rings is 1. The van der Waals surface area contributed by atoms with Gasteiger partial charge in [0.1, 0.15) is 5.82 Å². The van der Waals surface area contributed by atoms with E-state index in [2.05, 4.69) is 5.32 Å². The molecule has 0 spiro atoms. The number of carbonyl (C=O) groups excluding carboxylic acids is 1. The van der Waals surface area contributed by atoms with Gasteiger partial charge in [0.25, 0.3) is 0 Å². The number of nitrogens with one attached hydrogen (secondary N) is 1. The molecular weight excluding hydrogens is 379 g/mol. The Morgan fingerprint density at radius 1 is 1.07 bits per heavy atom. The zero-order valence-electron chi connectivity index (χ0n) is 15.4. The largest absolute Gasteiger partial charge is 0.478 e. The van der Waals surface area contributed by atoms with E-state index in [1.165, 1.54) is 36.0 Å². The van der Waals surface area contributed by atoms with Crippen LogP contribution in [-0.4, -0.2) is 46.8 Å². The van der Waals surface area contributed by atoms with Crippen LogP contribution in [0.3, 0.4) is 0 Å². The number of benzene rings is 2. The molecule has 5 nitrogen and oxygen atoms in total. The number of nitrogens with zero attached hydrogens (tertiary/aromatic N) is 1. The van der Waals surface area contributed by atoms with Gasteiger partial charge in [-0.1, -0.05) is 12.1 Å². The third kappa shape index (κ3) is 5.56. The Kier molecular flexibility index (Phi) is 7.06. The van der Waals surface area contributed by atoms with Gasteiger partial charge in [-0.25, -0.2) is 9.18 Å². The van der Waals surface area contributed by atoms with Gasteiger partial charge in [-0.05, 0) is 67.9 Å². The molecular formula is C21H23FN2O3S. The predicted molar refractivity (Wildman–Crippen MR) is 107 cm³/mol. The summed E-state index contributed by atoms with van der Waals surface area (Å²) in [5.41, 5.74) is 1.13. The van der Waals surface area contributed by atoms with Crippen LogP contribution in [-0.2, 0) is 11.3 Å². The number of aromatic carboxylic acids is 1. The number of carboxylic acids is 1. The molecule has 1 aliphatic heterocycles. The molecule has 2 N–H and O–H groups in total. The fourth-order valence-electron chi connectivity index (χ4n) is 3.25. The predicted octanol–water partition coefficient (Wildman–Crippen LogP) is 3.40. The van der Waals surface area contributed by atoms with E-state index in [9.17, 15) is 14.0 Å². The minimum atomic E-state index is -0.969. The van der Waals surface area contributed by atoms with Crippen molar-refractivity contribution in [1.82, 2.24) is 10.2 Å². The Bertz CT molecular complexity index is 805. The van der Waals surface area contributed by atoms with Gasteiger partial charge in [-0.3, -0.25) is 4.79 Å². The van der Waals surface area contributed by atoms with Crippen molar-refractivity contribution < 1.29 is 19.1 Å². The molecule has 0 bridgehead atoms. The van der Waals surface area contributed by atoms with Crippen molar-refractivity contribution in [2.24, 2.45) is 0 Å². The molecule has 7 heteroatoms. The van der Waals surface area contributed by atoms with Crippen LogP contribution in [0.15, 0.2) is 53.4 Å². The number of carboxylic acid groups (broad SMARTS) is 1. The van der Waals surface area contributed by atoms with Crippen molar-refractivity contribution in [3.63, 3.8) is 0 Å². The number of thioether (sulfide) groups is 1. The highest BCUT2D eigenvalue weighted by molar-refractivity contribution is 8.00. The minimum Gasteiger partial charge on any atom is -0.478 e. The van der Waals surface area contributed by atoms with Gasteiger partial charge in [-0.2, -0.15) is 0 Å². The van der Waals surface area contributed by atoms with Crippen LogP contribution in [0, 0.1) is 5.82 Å². The van der Waals surface area contributed by atoms with Crippen LogP contribution < -0.4 is 5.32 Å². The Morgan fingerprint density at radius 2 is 1.71 bits per heavy atom. The van der Waals surface area contributed by atoms with Crippen LogP contribution in [0.4, 0.5) is 4.39 Å². The minimum absolute atomic E-state index is 0.0311. The van der Waals surface area contributed by atoms with E-state index in [1.807, 2.05) is 4.90 Å². The van der Waals surface area contributed by atoms with Gasteiger partial charge in [-0.15, -0.1) is 11.8 Å². The summed E-state index contributed by atoms with van der Waals surface area (Å²) >= 11 is 1.39. The summed E-state index contributed by atoms with van der Waals surface area (Å²) in [6.45, 7) is 2.21. The second kappa shape index (κ2) is 9.71. The van der Waals surface area contributed by atoms with Crippen LogP contribution in [0.25, 0.3) is 0 Å². The van der Waals surface area contributed by atoms with Gasteiger partial charge in [0.05, 0.1) is 11.3 Å². The van der Waals surface area contributed by atoms with Gasteiger partial charge in [0.15, 0.2) is 0 Å². The summed E-state index contributed by atoms with van der Waals surface area (Å²) in [4.78, 5) is 26.7. The third-order valence-corrected chi connectivity index (χ3v) is 5.80. The average Bonchev–Trinajstić information content (AvgIpc) is 2.72. The van der Waals surface area contributed by atoms with E-state index in [4.69, 9.17) is 5.11 Å². The molecule has 3 rings (SSSR count). The second-order valence-corrected chi connectivity index (χ2v) is 7.80. The van der Waals surface area contributed by atoms with E-state index < -0.39 is 5.97 Å². The Morgan fingerprint density at radius 3 is 2.32 bits per heavy atom. The van der Waals surface area contributed by atoms with Crippen molar-refractivity contribution in [2.45, 2.75) is 30.3 Å². The van der Waals surface area contributed by atoms with E-state index in [0.29, 0.717) is 6.54 Å². The molecule has 0 aromatic heterocycles. The molecule has 2 aromatic carbocycles. The lowest BCUT2D eigenvalue weighted by molar-refractivity contribution is -0.131. The molecule has 1 heterocycles. The zero-order chi connectivity index (χ0) is 19.9. The number of halogens is 1. The highest BCUT2D eigenvalue weighted by atomic mass is 32.2. The number of amides is 1. The molecule has 0 aliphatic carbocycles. The van der Waals surface area contributed by atoms with Gasteiger partial charge in [0.2, 0.25) is 5.91 Å². The average molecular weight is 402 g/mol. The molecule has 2 aromatic rings. The summed E-state index contributed by atoms with van der Waals surface area (Å²) in [6.07, 6.45) is 1.79. The number of hydrogen-bond acceptors (Lipinski definition) is 4. The van der Waals surface area contributed by atoms with Crippen molar-refractivity contribution in [3.05, 3.63) is 65.5 Å². The molecule has 1 fully saturated rings. The van der Waals surface area contributed by atoms with Crippen molar-refractivity contribution >= 4 is 23.6 Å². The fraction of sp³-hybridized carbons (Fsp3) is 0.333. The van der Waals surface area contributed by atoms with Crippen LogP contribution in [0.5, 0.6) is 0 Å². The van der Waals surface area contributed by atoms with Crippen LogP contribution >= 0.6 is 11.8 Å². The van der Waals surface area contributed by atoms with Crippen LogP contribution in [0.1, 0.15) is 28.8 Å². The monoisotopic (exact) mass is 402 g/mol. The summed E-state index contributed by atoms with van der Waals surface area (Å²) in [6, 6.07) is 12.9. The van der Waals surface area contributed by atoms with E-state index >= 15 is 0 Å². The Hall–Kier alpha value is -2.38. The normalized spacial score (nSPS) is 14.6. The molecule has 1 amide bonds. The lowest BCUT2D eigenvalue weighted by Gasteiger charge is -2.35. The van der Waals surface area contributed by atoms with E-state index in [0.717, 1.165) is 36.4 Å². The lowest BCUT2D eigenvalue weighted by atomic mass is 10.0. The lowest BCUT2D eigenvalue weighted by Crippen LogP contribution is -2.46. The topological polar surface area (TPSA) is 69.6 Å². The number of hydrogen-bond donors (Lipinski definition) is 2. The Balaban J connectivity index is 1.66. The highest BCUT2D eigenvalue weighted by Crippen LogP contribution is 2.22. The number of carbonyl (C=O) groups is 2. The summed E-state index contributed by atoms with van der Waals surface area (Å²) in [5.74, 6) is -0.950. The SMILES string of the molecule is O=C(O)c1ccc(SCC(=O)N(Cc2ccc(F)cc2)C2CCNCC2)cc1. The van der Waals surface area contributed by atoms with Crippen molar-refractivity contribution in [3.8, 4) is 0 Å². The maximum atomic E-state index is 13.2. The third-order valence-electron chi connectivity index (χ3n) is 4.80. The molecule has 28 heavy (non-hydrogen) atoms. The molecule has 0 radical (unpaired) electrons.